The minimum atomic E-state index is -2.69. The Bertz CT molecular complexity index is 936. The second kappa shape index (κ2) is 5.44. The van der Waals surface area contributed by atoms with Crippen LogP contribution in [0.4, 0.5) is 0 Å². The van der Waals surface area contributed by atoms with Gasteiger partial charge in [0, 0.05) is 23.5 Å². The molecular weight excluding hydrogens is 284 g/mol. The summed E-state index contributed by atoms with van der Waals surface area (Å²) in [5, 5.41) is 13.5. The molecule has 7 heteroatoms. The van der Waals surface area contributed by atoms with E-state index in [0.29, 0.717) is 5.56 Å². The molecule has 0 saturated heterocycles. The molecule has 0 aliphatic carbocycles. The van der Waals surface area contributed by atoms with Crippen LogP contribution in [0.2, 0.25) is 0 Å². The first-order chi connectivity index (χ1) is 11.8. The summed E-state index contributed by atoms with van der Waals surface area (Å²) in [5.41, 5.74) is 1.65. The predicted molar refractivity (Wildman–Crippen MR) is 79.1 cm³/mol. The maximum atomic E-state index is 11.7. The summed E-state index contributed by atoms with van der Waals surface area (Å²) in [5.74, 6) is -1.47. The molecule has 3 aromatic heterocycles. The maximum absolute atomic E-state index is 11.7. The molecule has 0 bridgehead atoms. The smallest absolute Gasteiger partial charge is 0.356 e. The van der Waals surface area contributed by atoms with Gasteiger partial charge < -0.3 is 9.84 Å². The normalized spacial score (nSPS) is 13.4. The predicted octanol–water partition coefficient (Wildman–Crippen LogP) is 2.06. The number of pyridine rings is 1. The molecule has 0 saturated carbocycles. The molecule has 3 rings (SSSR count). The Morgan fingerprint density at radius 2 is 2.27 bits per heavy atom. The monoisotopic (exact) mass is 301 g/mol. The lowest BCUT2D eigenvalue weighted by Gasteiger charge is -2.02. The molecule has 3 aromatic rings. The van der Waals surface area contributed by atoms with Crippen molar-refractivity contribution in [2.75, 3.05) is 7.04 Å². The van der Waals surface area contributed by atoms with Gasteiger partial charge in [-0.3, -0.25) is 4.98 Å². The Morgan fingerprint density at radius 3 is 2.91 bits per heavy atom. The minimum absolute atomic E-state index is 0.196. The molecule has 0 spiro atoms. The van der Waals surface area contributed by atoms with Crippen LogP contribution < -0.4 is 4.74 Å². The summed E-state index contributed by atoms with van der Waals surface area (Å²) in [4.78, 5) is 20.2. The first-order valence-corrected chi connectivity index (χ1v) is 6.56. The molecule has 0 atom stereocenters. The summed E-state index contributed by atoms with van der Waals surface area (Å²) in [7, 11) is -2.69. The fraction of sp³-hybridized carbons (Fsp3) is 0.200. The number of aromatic nitrogens is 4. The van der Waals surface area contributed by atoms with Crippen molar-refractivity contribution in [3.05, 3.63) is 41.9 Å². The van der Waals surface area contributed by atoms with Crippen molar-refractivity contribution in [1.82, 2.24) is 19.6 Å². The van der Waals surface area contributed by atoms with E-state index in [-0.39, 0.29) is 22.9 Å². The van der Waals surface area contributed by atoms with Crippen LogP contribution in [0.1, 0.15) is 27.2 Å². The van der Waals surface area contributed by atoms with Crippen LogP contribution in [0.5, 0.6) is 5.88 Å². The molecule has 0 amide bonds. The second-order valence-corrected chi connectivity index (χ2v) is 4.55. The largest absolute Gasteiger partial charge is 0.480 e. The number of hydrogen-bond acceptors (Lipinski definition) is 5. The SMILES string of the molecule is [2H]C([2H])([2H])Oc1ccc2nc(-c3ccc(CC)nc3)c(C(=O)O)n2n1. The number of nitrogens with zero attached hydrogens (tertiary/aromatic N) is 4. The third-order valence-electron chi connectivity index (χ3n) is 3.22. The topological polar surface area (TPSA) is 89.6 Å². The lowest BCUT2D eigenvalue weighted by molar-refractivity contribution is 0.0688. The third-order valence-corrected chi connectivity index (χ3v) is 3.22. The highest BCUT2D eigenvalue weighted by molar-refractivity contribution is 5.94. The molecule has 112 valence electrons. The van der Waals surface area contributed by atoms with Gasteiger partial charge in [-0.05, 0) is 24.6 Å². The van der Waals surface area contributed by atoms with E-state index in [1.807, 2.05) is 6.92 Å². The van der Waals surface area contributed by atoms with Gasteiger partial charge in [-0.2, -0.15) is 0 Å². The van der Waals surface area contributed by atoms with Gasteiger partial charge in [0.05, 0.1) is 11.2 Å². The van der Waals surface area contributed by atoms with Crippen molar-refractivity contribution in [2.24, 2.45) is 0 Å². The first-order valence-electron chi connectivity index (χ1n) is 8.06. The fourth-order valence-electron chi connectivity index (χ4n) is 2.14. The standard InChI is InChI=1S/C15H14N4O3/c1-3-10-5-4-9(8-16-10)13-14(15(20)21)19-11(17-13)6-7-12(18-19)22-2/h4-8H,3H2,1-2H3,(H,20,21)/i2D3. The van der Waals surface area contributed by atoms with Crippen LogP contribution in [-0.4, -0.2) is 37.7 Å². The van der Waals surface area contributed by atoms with E-state index < -0.39 is 13.0 Å². The summed E-state index contributed by atoms with van der Waals surface area (Å²) < 4.78 is 27.1. The molecule has 0 aromatic carbocycles. The van der Waals surface area contributed by atoms with Crippen LogP contribution in [0.25, 0.3) is 16.9 Å². The molecule has 0 fully saturated rings. The Kier molecular flexibility index (Phi) is 2.65. The minimum Gasteiger partial charge on any atom is -0.480 e. The molecule has 1 N–H and O–H groups in total. The zero-order valence-electron chi connectivity index (χ0n) is 14.6. The molecular formula is C15H14N4O3. The van der Waals surface area contributed by atoms with Crippen molar-refractivity contribution in [3.63, 3.8) is 0 Å². The van der Waals surface area contributed by atoms with Crippen molar-refractivity contribution in [3.8, 4) is 17.1 Å². The number of carbonyl (C=O) groups is 1. The number of ether oxygens (including phenoxy) is 1. The van der Waals surface area contributed by atoms with Gasteiger partial charge in [0.2, 0.25) is 5.88 Å². The Hall–Kier alpha value is -2.96. The van der Waals surface area contributed by atoms with Crippen LogP contribution in [0, 0.1) is 0 Å². The number of aromatic carboxylic acids is 1. The second-order valence-electron chi connectivity index (χ2n) is 4.55. The average Bonchev–Trinajstić information content (AvgIpc) is 2.92. The molecule has 7 nitrogen and oxygen atoms in total. The van der Waals surface area contributed by atoms with E-state index in [0.717, 1.165) is 16.6 Å². The van der Waals surface area contributed by atoms with E-state index in [1.165, 1.54) is 12.1 Å². The van der Waals surface area contributed by atoms with Gasteiger partial charge in [0.1, 0.15) is 5.69 Å². The number of aryl methyl sites for hydroxylation is 1. The Labute approximate surface area is 130 Å². The van der Waals surface area contributed by atoms with E-state index in [2.05, 4.69) is 15.1 Å². The first kappa shape index (κ1) is 10.7. The van der Waals surface area contributed by atoms with Gasteiger partial charge >= 0.3 is 5.97 Å². The summed E-state index contributed by atoms with van der Waals surface area (Å²) in [6, 6.07) is 6.29. The van der Waals surface area contributed by atoms with Crippen LogP contribution in [-0.2, 0) is 6.42 Å². The van der Waals surface area contributed by atoms with Gasteiger partial charge in [-0.1, -0.05) is 6.92 Å². The molecule has 0 aliphatic heterocycles. The van der Waals surface area contributed by atoms with Gasteiger partial charge in [0.15, 0.2) is 11.3 Å². The number of carboxylic acids is 1. The van der Waals surface area contributed by atoms with Crippen LogP contribution in [0.3, 0.4) is 0 Å². The molecule has 3 heterocycles. The lowest BCUT2D eigenvalue weighted by atomic mass is 10.1. The zero-order valence-corrected chi connectivity index (χ0v) is 11.6. The van der Waals surface area contributed by atoms with E-state index in [9.17, 15) is 9.90 Å². The van der Waals surface area contributed by atoms with Crippen molar-refractivity contribution in [2.45, 2.75) is 13.3 Å². The molecule has 0 aliphatic rings. The van der Waals surface area contributed by atoms with Gasteiger partial charge in [-0.25, -0.2) is 14.3 Å². The number of carboxylic acid groups (broad SMARTS) is 1. The van der Waals surface area contributed by atoms with Crippen LogP contribution in [0.15, 0.2) is 30.5 Å². The average molecular weight is 301 g/mol. The maximum Gasteiger partial charge on any atom is 0.356 e. The molecule has 22 heavy (non-hydrogen) atoms. The summed E-state index contributed by atoms with van der Waals surface area (Å²) in [6.45, 7) is 1.96. The third kappa shape index (κ3) is 2.26. The zero-order chi connectivity index (χ0) is 18.2. The quantitative estimate of drug-likeness (QED) is 0.793. The van der Waals surface area contributed by atoms with Crippen LogP contribution >= 0.6 is 0 Å². The van der Waals surface area contributed by atoms with Crippen molar-refractivity contribution < 1.29 is 18.8 Å². The van der Waals surface area contributed by atoms with E-state index in [4.69, 9.17) is 8.85 Å². The van der Waals surface area contributed by atoms with Crippen molar-refractivity contribution in [1.29, 1.82) is 0 Å². The fourth-order valence-corrected chi connectivity index (χ4v) is 2.14. The summed E-state index contributed by atoms with van der Waals surface area (Å²) in [6.07, 6.45) is 2.31. The van der Waals surface area contributed by atoms with Gasteiger partial charge in [0.25, 0.3) is 0 Å². The number of imidazole rings is 1. The van der Waals surface area contributed by atoms with Gasteiger partial charge in [-0.15, -0.1) is 5.10 Å². The lowest BCUT2D eigenvalue weighted by Crippen LogP contribution is -2.07. The van der Waals surface area contributed by atoms with Crippen molar-refractivity contribution >= 4 is 11.6 Å². The Balaban J connectivity index is 2.15. The number of hydrogen-bond donors (Lipinski definition) is 1. The highest BCUT2D eigenvalue weighted by atomic mass is 16.5. The number of fused-ring (bicyclic) bond motifs is 1. The summed E-state index contributed by atoms with van der Waals surface area (Å²) >= 11 is 0. The van der Waals surface area contributed by atoms with E-state index >= 15 is 0 Å². The number of methoxy groups -OCH3 is 1. The molecule has 0 unspecified atom stereocenters. The van der Waals surface area contributed by atoms with E-state index in [1.54, 1.807) is 18.3 Å². The molecule has 0 radical (unpaired) electrons. The Morgan fingerprint density at radius 1 is 1.41 bits per heavy atom. The highest BCUT2D eigenvalue weighted by Crippen LogP contribution is 2.24. The highest BCUT2D eigenvalue weighted by Gasteiger charge is 2.21. The number of rotatable bonds is 4.